The number of hydrogen-bond donors (Lipinski definition) is 1. The molecule has 2 heterocycles. The number of rotatable bonds is 3. The molecular weight excluding hydrogens is 216 g/mol. The monoisotopic (exact) mass is 224 g/mol. The van der Waals surface area contributed by atoms with Gasteiger partial charge < -0.3 is 5.32 Å². The quantitative estimate of drug-likeness (QED) is 0.809. The van der Waals surface area contributed by atoms with Crippen molar-refractivity contribution in [2.45, 2.75) is 6.54 Å². The van der Waals surface area contributed by atoms with Crippen LogP contribution >= 0.6 is 22.9 Å². The SMILES string of the molecule is Clc1ncccc1NCc1ccsc1. The minimum absolute atomic E-state index is 0.516. The molecule has 0 aromatic carbocycles. The third kappa shape index (κ3) is 2.25. The summed E-state index contributed by atoms with van der Waals surface area (Å²) in [6.45, 7) is 0.787. The smallest absolute Gasteiger partial charge is 0.152 e. The van der Waals surface area contributed by atoms with Gasteiger partial charge >= 0.3 is 0 Å². The Morgan fingerprint density at radius 2 is 2.36 bits per heavy atom. The second-order valence-electron chi connectivity index (χ2n) is 2.83. The summed E-state index contributed by atoms with van der Waals surface area (Å²) in [5, 5.41) is 7.91. The number of anilines is 1. The Balaban J connectivity index is 2.02. The van der Waals surface area contributed by atoms with Gasteiger partial charge in [-0.1, -0.05) is 11.6 Å². The van der Waals surface area contributed by atoms with Crippen molar-refractivity contribution < 1.29 is 0 Å². The Morgan fingerprint density at radius 1 is 1.43 bits per heavy atom. The molecule has 0 fully saturated rings. The zero-order valence-electron chi connectivity index (χ0n) is 7.40. The van der Waals surface area contributed by atoms with Gasteiger partial charge in [-0.05, 0) is 34.5 Å². The molecule has 0 aliphatic rings. The van der Waals surface area contributed by atoms with Crippen LogP contribution < -0.4 is 5.32 Å². The second kappa shape index (κ2) is 4.44. The van der Waals surface area contributed by atoms with E-state index in [-0.39, 0.29) is 0 Å². The molecule has 72 valence electrons. The second-order valence-corrected chi connectivity index (χ2v) is 3.96. The normalized spacial score (nSPS) is 10.1. The first-order valence-electron chi connectivity index (χ1n) is 4.22. The highest BCUT2D eigenvalue weighted by atomic mass is 35.5. The van der Waals surface area contributed by atoms with E-state index < -0.39 is 0 Å². The summed E-state index contributed by atoms with van der Waals surface area (Å²) in [7, 11) is 0. The first kappa shape index (κ1) is 9.49. The summed E-state index contributed by atoms with van der Waals surface area (Å²) < 4.78 is 0. The lowest BCUT2D eigenvalue weighted by atomic mass is 10.3. The van der Waals surface area contributed by atoms with Gasteiger partial charge in [0.2, 0.25) is 0 Å². The van der Waals surface area contributed by atoms with Gasteiger partial charge in [-0.25, -0.2) is 4.98 Å². The molecule has 0 bridgehead atoms. The molecule has 0 saturated carbocycles. The Hall–Kier alpha value is -1.06. The Kier molecular flexibility index (Phi) is 3.01. The van der Waals surface area contributed by atoms with Crippen LogP contribution in [0.1, 0.15) is 5.56 Å². The van der Waals surface area contributed by atoms with E-state index in [1.807, 2.05) is 12.1 Å². The van der Waals surface area contributed by atoms with Crippen molar-refractivity contribution in [1.82, 2.24) is 4.98 Å². The third-order valence-corrected chi connectivity index (χ3v) is 2.86. The van der Waals surface area contributed by atoms with Crippen LogP contribution in [-0.4, -0.2) is 4.98 Å². The van der Waals surface area contributed by atoms with Crippen molar-refractivity contribution in [2.75, 3.05) is 5.32 Å². The van der Waals surface area contributed by atoms with Crippen LogP contribution in [0.25, 0.3) is 0 Å². The molecule has 0 saturated heterocycles. The molecule has 4 heteroatoms. The molecular formula is C10H9ClN2S. The fourth-order valence-electron chi connectivity index (χ4n) is 1.11. The molecule has 2 aromatic heterocycles. The fourth-order valence-corrected chi connectivity index (χ4v) is 1.96. The number of thiophene rings is 1. The molecule has 0 spiro atoms. The standard InChI is InChI=1S/C10H9ClN2S/c11-10-9(2-1-4-12-10)13-6-8-3-5-14-7-8/h1-5,7,13H,6H2. The van der Waals surface area contributed by atoms with Crippen LogP contribution in [0.5, 0.6) is 0 Å². The molecule has 0 aliphatic carbocycles. The Labute approximate surface area is 91.6 Å². The molecule has 0 unspecified atom stereocenters. The number of pyridine rings is 1. The fraction of sp³-hybridized carbons (Fsp3) is 0.100. The number of halogens is 1. The first-order chi connectivity index (χ1) is 6.86. The summed E-state index contributed by atoms with van der Waals surface area (Å²) in [6, 6.07) is 5.87. The Morgan fingerprint density at radius 3 is 3.07 bits per heavy atom. The van der Waals surface area contributed by atoms with E-state index in [4.69, 9.17) is 11.6 Å². The van der Waals surface area contributed by atoms with Crippen molar-refractivity contribution in [1.29, 1.82) is 0 Å². The predicted molar refractivity (Wildman–Crippen MR) is 60.9 cm³/mol. The lowest BCUT2D eigenvalue weighted by Gasteiger charge is -2.05. The minimum atomic E-state index is 0.516. The van der Waals surface area contributed by atoms with Crippen molar-refractivity contribution in [3.05, 3.63) is 45.9 Å². The maximum atomic E-state index is 5.89. The lowest BCUT2D eigenvalue weighted by molar-refractivity contribution is 1.15. The van der Waals surface area contributed by atoms with Gasteiger partial charge in [0.25, 0.3) is 0 Å². The van der Waals surface area contributed by atoms with Crippen molar-refractivity contribution in [3.63, 3.8) is 0 Å². The number of aromatic nitrogens is 1. The van der Waals surface area contributed by atoms with Gasteiger partial charge in [0.15, 0.2) is 5.15 Å². The highest BCUT2D eigenvalue weighted by molar-refractivity contribution is 7.07. The van der Waals surface area contributed by atoms with E-state index in [9.17, 15) is 0 Å². The highest BCUT2D eigenvalue weighted by Crippen LogP contribution is 2.18. The highest BCUT2D eigenvalue weighted by Gasteiger charge is 1.99. The van der Waals surface area contributed by atoms with Gasteiger partial charge in [-0.2, -0.15) is 11.3 Å². The predicted octanol–water partition coefficient (Wildman–Crippen LogP) is 3.41. The molecule has 2 aromatic rings. The first-order valence-corrected chi connectivity index (χ1v) is 5.54. The van der Waals surface area contributed by atoms with Crippen LogP contribution in [0.3, 0.4) is 0 Å². The summed E-state index contributed by atoms with van der Waals surface area (Å²) in [4.78, 5) is 3.98. The molecule has 0 radical (unpaired) electrons. The van der Waals surface area contributed by atoms with E-state index in [0.717, 1.165) is 12.2 Å². The van der Waals surface area contributed by atoms with E-state index >= 15 is 0 Å². The molecule has 0 amide bonds. The maximum absolute atomic E-state index is 5.89. The minimum Gasteiger partial charge on any atom is -0.378 e. The van der Waals surface area contributed by atoms with E-state index in [1.54, 1.807) is 17.5 Å². The van der Waals surface area contributed by atoms with Crippen LogP contribution in [0.2, 0.25) is 5.15 Å². The zero-order chi connectivity index (χ0) is 9.80. The van der Waals surface area contributed by atoms with Crippen molar-refractivity contribution in [3.8, 4) is 0 Å². The largest absolute Gasteiger partial charge is 0.378 e. The van der Waals surface area contributed by atoms with Gasteiger partial charge in [0.1, 0.15) is 0 Å². The summed E-state index contributed by atoms with van der Waals surface area (Å²) >= 11 is 7.58. The molecule has 2 rings (SSSR count). The Bertz CT molecular complexity index is 400. The molecule has 2 nitrogen and oxygen atoms in total. The van der Waals surface area contributed by atoms with E-state index in [2.05, 4.69) is 27.1 Å². The molecule has 1 N–H and O–H groups in total. The van der Waals surface area contributed by atoms with Crippen LogP contribution in [0.15, 0.2) is 35.2 Å². The van der Waals surface area contributed by atoms with Gasteiger partial charge in [-0.3, -0.25) is 0 Å². The average Bonchev–Trinajstić information content (AvgIpc) is 2.69. The molecule has 14 heavy (non-hydrogen) atoms. The van der Waals surface area contributed by atoms with Crippen LogP contribution in [-0.2, 0) is 6.54 Å². The number of nitrogens with one attached hydrogen (secondary N) is 1. The van der Waals surface area contributed by atoms with Crippen LogP contribution in [0.4, 0.5) is 5.69 Å². The molecule has 0 atom stereocenters. The van der Waals surface area contributed by atoms with Crippen LogP contribution in [0, 0.1) is 0 Å². The van der Waals surface area contributed by atoms with Crippen molar-refractivity contribution >= 4 is 28.6 Å². The maximum Gasteiger partial charge on any atom is 0.152 e. The van der Waals surface area contributed by atoms with E-state index in [0.29, 0.717) is 5.15 Å². The lowest BCUT2D eigenvalue weighted by Crippen LogP contribution is -1.98. The zero-order valence-corrected chi connectivity index (χ0v) is 8.98. The van der Waals surface area contributed by atoms with Gasteiger partial charge in [0, 0.05) is 12.7 Å². The van der Waals surface area contributed by atoms with E-state index in [1.165, 1.54) is 5.56 Å². The third-order valence-electron chi connectivity index (χ3n) is 1.82. The summed E-state index contributed by atoms with van der Waals surface area (Å²) in [5.41, 5.74) is 2.13. The van der Waals surface area contributed by atoms with Gasteiger partial charge in [-0.15, -0.1) is 0 Å². The molecule has 0 aliphatic heterocycles. The number of hydrogen-bond acceptors (Lipinski definition) is 3. The number of nitrogens with zero attached hydrogens (tertiary/aromatic N) is 1. The van der Waals surface area contributed by atoms with Gasteiger partial charge in [0.05, 0.1) is 5.69 Å². The summed E-state index contributed by atoms with van der Waals surface area (Å²) in [5.74, 6) is 0. The summed E-state index contributed by atoms with van der Waals surface area (Å²) in [6.07, 6.45) is 1.68. The average molecular weight is 225 g/mol. The van der Waals surface area contributed by atoms with Crippen molar-refractivity contribution in [2.24, 2.45) is 0 Å². The topological polar surface area (TPSA) is 24.9 Å².